The maximum atomic E-state index is 12.4. The van der Waals surface area contributed by atoms with E-state index < -0.39 is 27.4 Å². The number of nitrogens with one attached hydrogen (secondary N) is 1. The largest absolute Gasteiger partial charge is 0.325 e. The molecule has 0 aliphatic rings. The zero-order chi connectivity index (χ0) is 18.6. The third kappa shape index (κ3) is 4.75. The molecule has 0 atom stereocenters. The summed E-state index contributed by atoms with van der Waals surface area (Å²) < 4.78 is 25.7. The van der Waals surface area contributed by atoms with Gasteiger partial charge < -0.3 is 5.32 Å². The van der Waals surface area contributed by atoms with Crippen LogP contribution >= 0.6 is 11.6 Å². The fourth-order valence-corrected chi connectivity index (χ4v) is 3.22. The third-order valence-corrected chi connectivity index (χ3v) is 5.30. The minimum Gasteiger partial charge on any atom is -0.325 e. The fourth-order valence-electron chi connectivity index (χ4n) is 1.97. The number of carbonyl (C=O) groups is 1. The average Bonchev–Trinajstić information content (AvgIpc) is 2.55. The molecule has 0 aromatic heterocycles. The zero-order valence-corrected chi connectivity index (χ0v) is 14.6. The van der Waals surface area contributed by atoms with Gasteiger partial charge in [0.15, 0.2) is 0 Å². The van der Waals surface area contributed by atoms with Crippen molar-refractivity contribution in [1.82, 2.24) is 4.31 Å². The summed E-state index contributed by atoms with van der Waals surface area (Å²) in [5, 5.41) is 13.5. The van der Waals surface area contributed by atoms with Gasteiger partial charge in [-0.1, -0.05) is 17.7 Å². The van der Waals surface area contributed by atoms with E-state index in [1.54, 1.807) is 0 Å². The van der Waals surface area contributed by atoms with Gasteiger partial charge in [-0.3, -0.25) is 14.9 Å². The quantitative estimate of drug-likeness (QED) is 0.608. The van der Waals surface area contributed by atoms with Crippen molar-refractivity contribution in [1.29, 1.82) is 0 Å². The van der Waals surface area contributed by atoms with E-state index in [-0.39, 0.29) is 16.3 Å². The molecule has 10 heteroatoms. The summed E-state index contributed by atoms with van der Waals surface area (Å²) in [6.07, 6.45) is 0. The van der Waals surface area contributed by atoms with E-state index in [9.17, 15) is 23.3 Å². The van der Waals surface area contributed by atoms with Crippen LogP contribution in [0.5, 0.6) is 0 Å². The highest BCUT2D eigenvalue weighted by atomic mass is 35.5. The number of halogens is 1. The number of nitrogens with zero attached hydrogens (tertiary/aromatic N) is 2. The molecule has 8 nitrogen and oxygen atoms in total. The molecule has 0 radical (unpaired) electrons. The highest BCUT2D eigenvalue weighted by molar-refractivity contribution is 7.89. The molecule has 0 spiro atoms. The Morgan fingerprint density at radius 1 is 1.24 bits per heavy atom. The van der Waals surface area contributed by atoms with Crippen molar-refractivity contribution in [3.05, 3.63) is 63.7 Å². The SMILES string of the molecule is CN(CC(=O)Nc1cccc([N+](=O)[O-])c1)S(=O)(=O)c1ccc(Cl)cc1. The van der Waals surface area contributed by atoms with Gasteiger partial charge >= 0.3 is 0 Å². The molecule has 0 fully saturated rings. The molecule has 2 aromatic carbocycles. The number of benzene rings is 2. The van der Waals surface area contributed by atoms with Crippen LogP contribution in [0.1, 0.15) is 0 Å². The predicted octanol–water partition coefficient (Wildman–Crippen LogP) is 2.51. The number of non-ortho nitro benzene ring substituents is 1. The first-order valence-electron chi connectivity index (χ1n) is 6.96. The summed E-state index contributed by atoms with van der Waals surface area (Å²) in [7, 11) is -2.60. The zero-order valence-electron chi connectivity index (χ0n) is 13.0. The van der Waals surface area contributed by atoms with E-state index >= 15 is 0 Å². The topological polar surface area (TPSA) is 110 Å². The first-order chi connectivity index (χ1) is 11.7. The van der Waals surface area contributed by atoms with Crippen molar-refractivity contribution in [2.45, 2.75) is 4.90 Å². The highest BCUT2D eigenvalue weighted by Crippen LogP contribution is 2.19. The molecule has 0 saturated carbocycles. The first kappa shape index (κ1) is 18.8. The molecule has 0 heterocycles. The van der Waals surface area contributed by atoms with Gasteiger partial charge in [0.25, 0.3) is 5.69 Å². The normalized spacial score (nSPS) is 11.3. The monoisotopic (exact) mass is 383 g/mol. The minimum atomic E-state index is -3.86. The summed E-state index contributed by atoms with van der Waals surface area (Å²) >= 11 is 5.73. The lowest BCUT2D eigenvalue weighted by Crippen LogP contribution is -2.34. The Bertz CT molecular complexity index is 900. The van der Waals surface area contributed by atoms with Gasteiger partial charge in [-0.15, -0.1) is 0 Å². The van der Waals surface area contributed by atoms with E-state index in [0.29, 0.717) is 5.02 Å². The van der Waals surface area contributed by atoms with E-state index in [2.05, 4.69) is 5.32 Å². The van der Waals surface area contributed by atoms with Crippen molar-refractivity contribution in [2.75, 3.05) is 18.9 Å². The molecule has 0 saturated heterocycles. The lowest BCUT2D eigenvalue weighted by molar-refractivity contribution is -0.384. The summed E-state index contributed by atoms with van der Waals surface area (Å²) in [6, 6.07) is 10.9. The summed E-state index contributed by atoms with van der Waals surface area (Å²) in [4.78, 5) is 22.2. The van der Waals surface area contributed by atoms with Gasteiger partial charge in [0.2, 0.25) is 15.9 Å². The van der Waals surface area contributed by atoms with Gasteiger partial charge in [-0.25, -0.2) is 8.42 Å². The van der Waals surface area contributed by atoms with Gasteiger partial charge in [-0.2, -0.15) is 4.31 Å². The fraction of sp³-hybridized carbons (Fsp3) is 0.133. The number of hydrogen-bond donors (Lipinski definition) is 1. The Balaban J connectivity index is 2.08. The number of anilines is 1. The Labute approximate surface area is 149 Å². The van der Waals surface area contributed by atoms with E-state index in [1.165, 1.54) is 55.6 Å². The van der Waals surface area contributed by atoms with Crippen LogP contribution in [0.2, 0.25) is 5.02 Å². The number of hydrogen-bond acceptors (Lipinski definition) is 5. The second-order valence-corrected chi connectivity index (χ2v) is 7.55. The maximum Gasteiger partial charge on any atom is 0.271 e. The molecule has 0 bridgehead atoms. The summed E-state index contributed by atoms with van der Waals surface area (Å²) in [6.45, 7) is -0.451. The van der Waals surface area contributed by atoms with E-state index in [1.807, 2.05) is 0 Å². The van der Waals surface area contributed by atoms with Crippen molar-refractivity contribution < 1.29 is 18.1 Å². The van der Waals surface area contributed by atoms with E-state index in [0.717, 1.165) is 4.31 Å². The van der Waals surface area contributed by atoms with Crippen molar-refractivity contribution in [3.63, 3.8) is 0 Å². The molecule has 2 rings (SSSR count). The predicted molar refractivity (Wildman–Crippen MR) is 93.0 cm³/mol. The minimum absolute atomic E-state index is 0.00236. The second kappa shape index (κ2) is 7.60. The summed E-state index contributed by atoms with van der Waals surface area (Å²) in [5.41, 5.74) is 0.0245. The molecule has 0 aliphatic heterocycles. The van der Waals surface area contributed by atoms with Crippen LogP contribution in [0.25, 0.3) is 0 Å². The number of likely N-dealkylation sites (N-methyl/N-ethyl adjacent to an activating group) is 1. The molecular weight excluding hydrogens is 370 g/mol. The van der Waals surface area contributed by atoms with Crippen LogP contribution in [0.4, 0.5) is 11.4 Å². The molecule has 25 heavy (non-hydrogen) atoms. The van der Waals surface area contributed by atoms with Crippen LogP contribution in [0.3, 0.4) is 0 Å². The second-order valence-electron chi connectivity index (χ2n) is 5.07. The molecule has 1 N–H and O–H groups in total. The van der Waals surface area contributed by atoms with Crippen LogP contribution in [0.15, 0.2) is 53.4 Å². The number of amides is 1. The Morgan fingerprint density at radius 2 is 1.88 bits per heavy atom. The molecule has 2 aromatic rings. The lowest BCUT2D eigenvalue weighted by Gasteiger charge is -2.17. The smallest absolute Gasteiger partial charge is 0.271 e. The van der Waals surface area contributed by atoms with Crippen LogP contribution < -0.4 is 5.32 Å². The number of rotatable bonds is 6. The van der Waals surface area contributed by atoms with Crippen molar-refractivity contribution >= 4 is 38.9 Å². The number of nitro benzene ring substituents is 1. The first-order valence-corrected chi connectivity index (χ1v) is 8.78. The average molecular weight is 384 g/mol. The van der Waals surface area contributed by atoms with Gasteiger partial charge in [0.1, 0.15) is 0 Å². The van der Waals surface area contributed by atoms with Crippen LogP contribution in [0, 0.1) is 10.1 Å². The van der Waals surface area contributed by atoms with Crippen LogP contribution in [-0.4, -0.2) is 37.1 Å². The number of carbonyl (C=O) groups excluding carboxylic acids is 1. The van der Waals surface area contributed by atoms with Crippen LogP contribution in [-0.2, 0) is 14.8 Å². The molecule has 132 valence electrons. The Morgan fingerprint density at radius 3 is 2.48 bits per heavy atom. The maximum absolute atomic E-state index is 12.4. The molecule has 0 aliphatic carbocycles. The molecular formula is C15H14ClN3O5S. The molecule has 1 amide bonds. The van der Waals surface area contributed by atoms with Crippen molar-refractivity contribution in [3.8, 4) is 0 Å². The number of sulfonamides is 1. The lowest BCUT2D eigenvalue weighted by atomic mass is 10.3. The van der Waals surface area contributed by atoms with Gasteiger partial charge in [0, 0.05) is 29.9 Å². The molecule has 0 unspecified atom stereocenters. The van der Waals surface area contributed by atoms with Crippen molar-refractivity contribution in [2.24, 2.45) is 0 Å². The standard InChI is InChI=1S/C15H14ClN3O5S/c1-18(25(23,24)14-7-5-11(16)6-8-14)10-15(20)17-12-3-2-4-13(9-12)19(21)22/h2-9H,10H2,1H3,(H,17,20). The van der Waals surface area contributed by atoms with Gasteiger partial charge in [0.05, 0.1) is 16.4 Å². The summed E-state index contributed by atoms with van der Waals surface area (Å²) in [5.74, 6) is -0.625. The number of nitro groups is 1. The third-order valence-electron chi connectivity index (χ3n) is 3.23. The Hall–Kier alpha value is -2.49. The van der Waals surface area contributed by atoms with Gasteiger partial charge in [-0.05, 0) is 30.3 Å². The Kier molecular flexibility index (Phi) is 5.73. The highest BCUT2D eigenvalue weighted by Gasteiger charge is 2.23. The van der Waals surface area contributed by atoms with E-state index in [4.69, 9.17) is 11.6 Å².